The SMILES string of the molecule is Cc1sccc1Nc1ccc(F)cc1OC1CCC(F)(F)CC1. The lowest BCUT2D eigenvalue weighted by Crippen LogP contribution is -2.30. The molecule has 2 aromatic rings. The number of aryl methyl sites for hydroxylation is 1. The number of alkyl halides is 2. The number of thiophene rings is 1. The normalized spacial score (nSPS) is 17.9. The van der Waals surface area contributed by atoms with Crippen LogP contribution in [0.25, 0.3) is 0 Å². The molecule has 1 heterocycles. The fraction of sp³-hybridized carbons (Fsp3) is 0.412. The number of hydrogen-bond acceptors (Lipinski definition) is 3. The summed E-state index contributed by atoms with van der Waals surface area (Å²) in [6.07, 6.45) is -0.111. The van der Waals surface area contributed by atoms with E-state index in [1.165, 1.54) is 12.1 Å². The molecule has 3 rings (SSSR count). The highest BCUT2D eigenvalue weighted by Crippen LogP contribution is 2.37. The van der Waals surface area contributed by atoms with Crippen molar-refractivity contribution in [3.05, 3.63) is 40.3 Å². The van der Waals surface area contributed by atoms with Gasteiger partial charge in [-0.05, 0) is 43.3 Å². The Labute approximate surface area is 137 Å². The van der Waals surface area contributed by atoms with Gasteiger partial charge in [0.25, 0.3) is 0 Å². The van der Waals surface area contributed by atoms with Gasteiger partial charge in [0.05, 0.1) is 17.5 Å². The lowest BCUT2D eigenvalue weighted by molar-refractivity contribution is -0.0581. The Morgan fingerprint density at radius 1 is 1.17 bits per heavy atom. The van der Waals surface area contributed by atoms with Gasteiger partial charge in [0.15, 0.2) is 0 Å². The maximum absolute atomic E-state index is 13.6. The molecule has 0 bridgehead atoms. The van der Waals surface area contributed by atoms with Gasteiger partial charge < -0.3 is 10.1 Å². The molecule has 1 aliphatic carbocycles. The highest BCUT2D eigenvalue weighted by Gasteiger charge is 2.35. The summed E-state index contributed by atoms with van der Waals surface area (Å²) in [6.45, 7) is 1.99. The first-order chi connectivity index (χ1) is 10.9. The summed E-state index contributed by atoms with van der Waals surface area (Å²) in [6, 6.07) is 6.20. The molecule has 0 radical (unpaired) electrons. The molecule has 0 atom stereocenters. The van der Waals surface area contributed by atoms with Crippen molar-refractivity contribution in [1.29, 1.82) is 0 Å². The molecule has 124 valence electrons. The van der Waals surface area contributed by atoms with Crippen LogP contribution < -0.4 is 10.1 Å². The lowest BCUT2D eigenvalue weighted by Gasteiger charge is -2.29. The molecule has 1 aromatic heterocycles. The zero-order valence-corrected chi connectivity index (χ0v) is 13.6. The first-order valence-corrected chi connectivity index (χ1v) is 8.46. The van der Waals surface area contributed by atoms with Gasteiger partial charge in [-0.2, -0.15) is 0 Å². The van der Waals surface area contributed by atoms with Crippen LogP contribution in [-0.2, 0) is 0 Å². The van der Waals surface area contributed by atoms with E-state index in [-0.39, 0.29) is 31.8 Å². The summed E-state index contributed by atoms with van der Waals surface area (Å²) in [5, 5.41) is 5.19. The van der Waals surface area contributed by atoms with Crippen LogP contribution in [0.1, 0.15) is 30.6 Å². The largest absolute Gasteiger partial charge is 0.488 e. The first kappa shape index (κ1) is 16.2. The van der Waals surface area contributed by atoms with Crippen LogP contribution in [0, 0.1) is 12.7 Å². The molecule has 1 saturated carbocycles. The Balaban J connectivity index is 1.76. The number of rotatable bonds is 4. The third kappa shape index (κ3) is 3.99. The molecule has 0 spiro atoms. The summed E-state index contributed by atoms with van der Waals surface area (Å²) >= 11 is 1.61. The number of anilines is 2. The molecular weight excluding hydrogens is 323 g/mol. The standard InChI is InChI=1S/C17H18F3NOS/c1-11-14(6-9-23-11)21-15-3-2-12(18)10-16(15)22-13-4-7-17(19,20)8-5-13/h2-3,6,9-10,13,21H,4-5,7-8H2,1H3. The first-order valence-electron chi connectivity index (χ1n) is 7.58. The zero-order valence-electron chi connectivity index (χ0n) is 12.7. The summed E-state index contributed by atoms with van der Waals surface area (Å²) in [5.41, 5.74) is 1.58. The van der Waals surface area contributed by atoms with E-state index in [1.807, 2.05) is 18.4 Å². The van der Waals surface area contributed by atoms with Crippen molar-refractivity contribution < 1.29 is 17.9 Å². The van der Waals surface area contributed by atoms with Gasteiger partial charge in [-0.15, -0.1) is 11.3 Å². The average molecular weight is 341 g/mol. The van der Waals surface area contributed by atoms with E-state index in [0.29, 0.717) is 11.4 Å². The van der Waals surface area contributed by atoms with Gasteiger partial charge in [0, 0.05) is 23.8 Å². The van der Waals surface area contributed by atoms with Crippen molar-refractivity contribution >= 4 is 22.7 Å². The Kier molecular flexibility index (Phi) is 4.53. The van der Waals surface area contributed by atoms with Crippen molar-refractivity contribution in [3.8, 4) is 5.75 Å². The van der Waals surface area contributed by atoms with Gasteiger partial charge >= 0.3 is 0 Å². The Hall–Kier alpha value is -1.69. The fourth-order valence-electron chi connectivity index (χ4n) is 2.67. The minimum atomic E-state index is -2.60. The van der Waals surface area contributed by atoms with Crippen LogP contribution in [0.5, 0.6) is 5.75 Å². The lowest BCUT2D eigenvalue weighted by atomic mass is 9.94. The molecule has 1 N–H and O–H groups in total. The Morgan fingerprint density at radius 2 is 1.91 bits per heavy atom. The summed E-state index contributed by atoms with van der Waals surface area (Å²) in [7, 11) is 0. The third-order valence-electron chi connectivity index (χ3n) is 4.03. The molecule has 0 amide bonds. The Bertz CT molecular complexity index is 676. The molecule has 0 saturated heterocycles. The number of halogens is 3. The second-order valence-corrected chi connectivity index (χ2v) is 6.95. The van der Waals surface area contributed by atoms with Crippen LogP contribution in [0.15, 0.2) is 29.6 Å². The minimum absolute atomic E-state index is 0.181. The number of hydrogen-bond donors (Lipinski definition) is 1. The molecule has 1 aromatic carbocycles. The number of ether oxygens (including phenoxy) is 1. The molecule has 6 heteroatoms. The molecule has 23 heavy (non-hydrogen) atoms. The van der Waals surface area contributed by atoms with Crippen LogP contribution in [0.2, 0.25) is 0 Å². The second kappa shape index (κ2) is 6.43. The van der Waals surface area contributed by atoms with Gasteiger partial charge in [-0.25, -0.2) is 13.2 Å². The fourth-order valence-corrected chi connectivity index (χ4v) is 3.32. The molecule has 1 aliphatic rings. The molecule has 1 fully saturated rings. The number of nitrogens with one attached hydrogen (secondary N) is 1. The maximum atomic E-state index is 13.6. The van der Waals surface area contributed by atoms with Crippen LogP contribution >= 0.6 is 11.3 Å². The molecule has 0 aliphatic heterocycles. The molecular formula is C17H18F3NOS. The average Bonchev–Trinajstić information content (AvgIpc) is 2.89. The van der Waals surface area contributed by atoms with E-state index in [1.54, 1.807) is 17.4 Å². The number of benzene rings is 1. The Morgan fingerprint density at radius 3 is 2.57 bits per heavy atom. The second-order valence-electron chi connectivity index (χ2n) is 5.83. The minimum Gasteiger partial charge on any atom is -0.488 e. The predicted octanol–water partition coefficient (Wildman–Crippen LogP) is 5.90. The van der Waals surface area contributed by atoms with Gasteiger partial charge in [0.2, 0.25) is 5.92 Å². The highest BCUT2D eigenvalue weighted by atomic mass is 32.1. The third-order valence-corrected chi connectivity index (χ3v) is 4.88. The van der Waals surface area contributed by atoms with Crippen molar-refractivity contribution in [1.82, 2.24) is 0 Å². The van der Waals surface area contributed by atoms with Crippen molar-refractivity contribution in [2.45, 2.75) is 44.6 Å². The van der Waals surface area contributed by atoms with Gasteiger partial charge in [-0.1, -0.05) is 0 Å². The van der Waals surface area contributed by atoms with Crippen molar-refractivity contribution in [2.75, 3.05) is 5.32 Å². The van der Waals surface area contributed by atoms with E-state index in [4.69, 9.17) is 4.74 Å². The summed E-state index contributed by atoms with van der Waals surface area (Å²) in [4.78, 5) is 1.11. The van der Waals surface area contributed by atoms with E-state index in [9.17, 15) is 13.2 Å². The predicted molar refractivity (Wildman–Crippen MR) is 86.6 cm³/mol. The smallest absolute Gasteiger partial charge is 0.248 e. The van der Waals surface area contributed by atoms with Gasteiger partial charge in [0.1, 0.15) is 11.6 Å². The zero-order chi connectivity index (χ0) is 16.4. The van der Waals surface area contributed by atoms with E-state index < -0.39 is 11.7 Å². The van der Waals surface area contributed by atoms with Crippen LogP contribution in [-0.4, -0.2) is 12.0 Å². The molecule has 0 unspecified atom stereocenters. The molecule has 2 nitrogen and oxygen atoms in total. The van der Waals surface area contributed by atoms with E-state index in [2.05, 4.69) is 5.32 Å². The van der Waals surface area contributed by atoms with E-state index >= 15 is 0 Å². The highest BCUT2D eigenvalue weighted by molar-refractivity contribution is 7.10. The summed E-state index contributed by atoms with van der Waals surface area (Å²) in [5.74, 6) is -2.64. The maximum Gasteiger partial charge on any atom is 0.248 e. The topological polar surface area (TPSA) is 21.3 Å². The quantitative estimate of drug-likeness (QED) is 0.748. The van der Waals surface area contributed by atoms with Crippen molar-refractivity contribution in [2.24, 2.45) is 0 Å². The van der Waals surface area contributed by atoms with E-state index in [0.717, 1.165) is 10.6 Å². The van der Waals surface area contributed by atoms with Crippen LogP contribution in [0.4, 0.5) is 24.5 Å². The monoisotopic (exact) mass is 341 g/mol. The van der Waals surface area contributed by atoms with Crippen molar-refractivity contribution in [3.63, 3.8) is 0 Å². The van der Waals surface area contributed by atoms with Crippen LogP contribution in [0.3, 0.4) is 0 Å². The van der Waals surface area contributed by atoms with Gasteiger partial charge in [-0.3, -0.25) is 0 Å². The summed E-state index contributed by atoms with van der Waals surface area (Å²) < 4.78 is 45.8.